The molecule has 4 nitrogen and oxygen atoms in total. The highest BCUT2D eigenvalue weighted by Crippen LogP contribution is 2.32. The Balaban J connectivity index is 1.61. The summed E-state index contributed by atoms with van der Waals surface area (Å²) in [7, 11) is 0. The number of hydrogen-bond donors (Lipinski definition) is 0. The summed E-state index contributed by atoms with van der Waals surface area (Å²) >= 11 is 0. The molecular formula is C15H15NO3. The van der Waals surface area contributed by atoms with E-state index in [0.29, 0.717) is 19.5 Å². The highest BCUT2D eigenvalue weighted by molar-refractivity contribution is 5.79. The van der Waals surface area contributed by atoms with Gasteiger partial charge in [-0.2, -0.15) is 0 Å². The van der Waals surface area contributed by atoms with Crippen molar-refractivity contribution in [3.63, 3.8) is 0 Å². The molecule has 2 aliphatic heterocycles. The summed E-state index contributed by atoms with van der Waals surface area (Å²) < 4.78 is 10.6. The molecule has 0 spiro atoms. The fourth-order valence-corrected chi connectivity index (χ4v) is 2.46. The topological polar surface area (TPSA) is 38.8 Å². The second-order valence-electron chi connectivity index (χ2n) is 4.85. The number of benzene rings is 1. The lowest BCUT2D eigenvalue weighted by Crippen LogP contribution is -2.27. The number of fused-ring (bicyclic) bond motifs is 1. The molecule has 2 aliphatic rings. The van der Waals surface area contributed by atoms with Gasteiger partial charge in [0.2, 0.25) is 12.7 Å². The Kier molecular flexibility index (Phi) is 3.04. The summed E-state index contributed by atoms with van der Waals surface area (Å²) in [6.07, 6.45) is 6.66. The second kappa shape index (κ2) is 4.85. The van der Waals surface area contributed by atoms with E-state index in [1.807, 2.05) is 23.1 Å². The van der Waals surface area contributed by atoms with Crippen LogP contribution in [0.4, 0.5) is 0 Å². The maximum absolute atomic E-state index is 11.7. The fourth-order valence-electron chi connectivity index (χ4n) is 2.46. The molecule has 3 rings (SSSR count). The number of hydrogen-bond acceptors (Lipinski definition) is 3. The number of terminal acetylenes is 1. The summed E-state index contributed by atoms with van der Waals surface area (Å²) in [6, 6.07) is 5.89. The van der Waals surface area contributed by atoms with Crippen molar-refractivity contribution in [2.75, 3.05) is 19.9 Å². The molecule has 1 saturated heterocycles. The van der Waals surface area contributed by atoms with Crippen LogP contribution in [0.15, 0.2) is 18.2 Å². The Morgan fingerprint density at radius 2 is 2.21 bits per heavy atom. The highest BCUT2D eigenvalue weighted by atomic mass is 16.7. The molecule has 1 atom stereocenters. The molecule has 98 valence electrons. The predicted octanol–water partition coefficient (Wildman–Crippen LogP) is 1.44. The van der Waals surface area contributed by atoms with E-state index in [2.05, 4.69) is 5.92 Å². The van der Waals surface area contributed by atoms with E-state index in [-0.39, 0.29) is 18.6 Å². The van der Waals surface area contributed by atoms with Crippen molar-refractivity contribution in [1.29, 1.82) is 0 Å². The van der Waals surface area contributed by atoms with Gasteiger partial charge in [0.05, 0.1) is 0 Å². The van der Waals surface area contributed by atoms with Gasteiger partial charge in [-0.15, -0.1) is 12.3 Å². The lowest BCUT2D eigenvalue weighted by atomic mass is 10.1. The van der Waals surface area contributed by atoms with Gasteiger partial charge in [-0.3, -0.25) is 4.79 Å². The van der Waals surface area contributed by atoms with E-state index in [4.69, 9.17) is 15.9 Å². The minimum absolute atomic E-state index is 0.0734. The summed E-state index contributed by atoms with van der Waals surface area (Å²) in [5.41, 5.74) is 1.14. The van der Waals surface area contributed by atoms with Crippen LogP contribution in [0.3, 0.4) is 0 Å². The lowest BCUT2D eigenvalue weighted by Gasteiger charge is -2.15. The first kappa shape index (κ1) is 11.9. The number of rotatable bonds is 3. The summed E-state index contributed by atoms with van der Waals surface area (Å²) in [5, 5.41) is 0. The molecule has 0 N–H and O–H groups in total. The molecule has 19 heavy (non-hydrogen) atoms. The number of ether oxygens (including phenoxy) is 2. The van der Waals surface area contributed by atoms with E-state index in [1.54, 1.807) is 0 Å². The standard InChI is InChI=1S/C15H15NO3/c1-2-11-8-15(17)16(9-11)6-5-12-3-4-13-14(7-12)19-10-18-13/h1,3-4,7,11H,5-6,8-10H2. The number of amides is 1. The maximum Gasteiger partial charge on any atom is 0.231 e. The molecule has 0 aromatic heterocycles. The van der Waals surface area contributed by atoms with Crippen molar-refractivity contribution in [2.45, 2.75) is 12.8 Å². The maximum atomic E-state index is 11.7. The molecular weight excluding hydrogens is 242 g/mol. The summed E-state index contributed by atoms with van der Waals surface area (Å²) in [5.74, 6) is 4.46. The molecule has 2 heterocycles. The Morgan fingerprint density at radius 3 is 3.00 bits per heavy atom. The quantitative estimate of drug-likeness (QED) is 0.769. The third-order valence-corrected chi connectivity index (χ3v) is 3.56. The molecule has 1 amide bonds. The van der Waals surface area contributed by atoms with Crippen molar-refractivity contribution in [3.8, 4) is 23.8 Å². The van der Waals surface area contributed by atoms with Crippen molar-refractivity contribution >= 4 is 5.91 Å². The minimum atomic E-state index is 0.0734. The van der Waals surface area contributed by atoms with Crippen LogP contribution in [0.1, 0.15) is 12.0 Å². The molecule has 0 aliphatic carbocycles. The number of carbonyl (C=O) groups is 1. The van der Waals surface area contributed by atoms with Gasteiger partial charge >= 0.3 is 0 Å². The fraction of sp³-hybridized carbons (Fsp3) is 0.400. The van der Waals surface area contributed by atoms with Crippen LogP contribution in [0.25, 0.3) is 0 Å². The first-order valence-corrected chi connectivity index (χ1v) is 6.38. The van der Waals surface area contributed by atoms with Crippen LogP contribution >= 0.6 is 0 Å². The SMILES string of the molecule is C#CC1CC(=O)N(CCc2ccc3c(c2)OCO3)C1. The Labute approximate surface area is 112 Å². The zero-order chi connectivity index (χ0) is 13.2. The lowest BCUT2D eigenvalue weighted by molar-refractivity contribution is -0.127. The number of nitrogens with zero attached hydrogens (tertiary/aromatic N) is 1. The summed E-state index contributed by atoms with van der Waals surface area (Å²) in [4.78, 5) is 13.6. The van der Waals surface area contributed by atoms with Crippen LogP contribution < -0.4 is 9.47 Å². The zero-order valence-corrected chi connectivity index (χ0v) is 10.6. The van der Waals surface area contributed by atoms with E-state index < -0.39 is 0 Å². The smallest absolute Gasteiger partial charge is 0.231 e. The Hall–Kier alpha value is -2.15. The first-order valence-electron chi connectivity index (χ1n) is 6.38. The van der Waals surface area contributed by atoms with Crippen molar-refractivity contribution < 1.29 is 14.3 Å². The number of likely N-dealkylation sites (tertiary alicyclic amines) is 1. The molecule has 0 radical (unpaired) electrons. The van der Waals surface area contributed by atoms with E-state index in [0.717, 1.165) is 23.5 Å². The van der Waals surface area contributed by atoms with Crippen molar-refractivity contribution in [2.24, 2.45) is 5.92 Å². The van der Waals surface area contributed by atoms with Gasteiger partial charge in [0.1, 0.15) is 0 Å². The van der Waals surface area contributed by atoms with Gasteiger partial charge in [0.15, 0.2) is 11.5 Å². The van der Waals surface area contributed by atoms with E-state index in [1.165, 1.54) is 0 Å². The molecule has 1 aromatic carbocycles. The van der Waals surface area contributed by atoms with Gasteiger partial charge in [0, 0.05) is 25.4 Å². The van der Waals surface area contributed by atoms with Gasteiger partial charge in [0.25, 0.3) is 0 Å². The second-order valence-corrected chi connectivity index (χ2v) is 4.85. The molecule has 0 saturated carbocycles. The average molecular weight is 257 g/mol. The average Bonchev–Trinajstić information content (AvgIpc) is 3.02. The van der Waals surface area contributed by atoms with Gasteiger partial charge in [-0.25, -0.2) is 0 Å². The first-order chi connectivity index (χ1) is 9.26. The molecule has 4 heteroatoms. The monoisotopic (exact) mass is 257 g/mol. The van der Waals surface area contributed by atoms with Crippen LogP contribution in [0.2, 0.25) is 0 Å². The third-order valence-electron chi connectivity index (χ3n) is 3.56. The van der Waals surface area contributed by atoms with Gasteiger partial charge in [-0.05, 0) is 24.1 Å². The van der Waals surface area contributed by atoms with Crippen molar-refractivity contribution in [3.05, 3.63) is 23.8 Å². The molecule has 1 unspecified atom stereocenters. The zero-order valence-electron chi connectivity index (χ0n) is 10.6. The van der Waals surface area contributed by atoms with Crippen LogP contribution in [-0.2, 0) is 11.2 Å². The summed E-state index contributed by atoms with van der Waals surface area (Å²) in [6.45, 7) is 1.67. The predicted molar refractivity (Wildman–Crippen MR) is 69.8 cm³/mol. The van der Waals surface area contributed by atoms with Crippen molar-refractivity contribution in [1.82, 2.24) is 4.90 Å². The van der Waals surface area contributed by atoms with Crippen LogP contribution in [0, 0.1) is 18.3 Å². The van der Waals surface area contributed by atoms with Gasteiger partial charge in [-0.1, -0.05) is 6.07 Å². The van der Waals surface area contributed by atoms with Crippen LogP contribution in [0.5, 0.6) is 11.5 Å². The minimum Gasteiger partial charge on any atom is -0.454 e. The Morgan fingerprint density at radius 1 is 1.37 bits per heavy atom. The molecule has 1 fully saturated rings. The molecule has 0 bridgehead atoms. The van der Waals surface area contributed by atoms with E-state index >= 15 is 0 Å². The third kappa shape index (κ3) is 2.37. The van der Waals surface area contributed by atoms with E-state index in [9.17, 15) is 4.79 Å². The van der Waals surface area contributed by atoms with Gasteiger partial charge < -0.3 is 14.4 Å². The number of carbonyl (C=O) groups excluding carboxylic acids is 1. The Bertz CT molecular complexity index is 547. The molecule has 1 aromatic rings. The highest BCUT2D eigenvalue weighted by Gasteiger charge is 2.27. The van der Waals surface area contributed by atoms with Crippen LogP contribution in [-0.4, -0.2) is 30.7 Å². The largest absolute Gasteiger partial charge is 0.454 e. The normalized spacial score (nSPS) is 20.7.